The molecule has 0 aliphatic heterocycles. The molecule has 0 radical (unpaired) electrons. The number of carbonyl (C=O) groups is 1. The van der Waals surface area contributed by atoms with E-state index in [1.54, 1.807) is 12.1 Å². The first-order valence-electron chi connectivity index (χ1n) is 8.66. The number of hydrogen-bond acceptors (Lipinski definition) is 7. The molecule has 0 saturated carbocycles. The zero-order valence-corrected chi connectivity index (χ0v) is 16.3. The highest BCUT2D eigenvalue weighted by Gasteiger charge is 2.13. The summed E-state index contributed by atoms with van der Waals surface area (Å²) in [6.45, 7) is 1.23. The number of amides is 1. The van der Waals surface area contributed by atoms with Gasteiger partial charge in [0.15, 0.2) is 0 Å². The first-order chi connectivity index (χ1) is 13.6. The number of nitrogens with zero attached hydrogens (tertiary/aromatic N) is 2. The Morgan fingerprint density at radius 3 is 2.82 bits per heavy atom. The number of nitro benzene ring substituents is 1. The van der Waals surface area contributed by atoms with E-state index in [-0.39, 0.29) is 11.6 Å². The van der Waals surface area contributed by atoms with Crippen LogP contribution in [0.4, 0.5) is 11.5 Å². The van der Waals surface area contributed by atoms with Crippen molar-refractivity contribution in [3.05, 3.63) is 63.5 Å². The number of nitrogens with one attached hydrogen (secondary N) is 2. The van der Waals surface area contributed by atoms with Crippen LogP contribution in [0.15, 0.2) is 48.5 Å². The standard InChI is InChI=1S/C19H16N4O3S2/c24-19(17-10-12-6-7-13(23(25)26)11-16(12)27-17)21-9-3-8-20-18-14-4-1-2-5-15(14)28-22-18/h1-2,4-7,10-11H,3,8-9H2,(H,20,22)(H,21,24). The molecule has 0 saturated heterocycles. The SMILES string of the molecule is O=C(NCCCNc1nsc2ccccc12)c1cc2ccc([N+](=O)[O-])cc2s1. The fraction of sp³-hybridized carbons (Fsp3) is 0.158. The summed E-state index contributed by atoms with van der Waals surface area (Å²) in [7, 11) is 0. The van der Waals surface area contributed by atoms with Crippen LogP contribution in [-0.2, 0) is 0 Å². The van der Waals surface area contributed by atoms with Crippen LogP contribution in [0.2, 0.25) is 0 Å². The summed E-state index contributed by atoms with van der Waals surface area (Å²) in [4.78, 5) is 23.3. The van der Waals surface area contributed by atoms with Gasteiger partial charge in [-0.3, -0.25) is 14.9 Å². The average Bonchev–Trinajstić information content (AvgIpc) is 3.31. The van der Waals surface area contributed by atoms with Gasteiger partial charge < -0.3 is 10.6 Å². The van der Waals surface area contributed by atoms with E-state index in [1.165, 1.54) is 35.0 Å². The lowest BCUT2D eigenvalue weighted by Gasteiger charge is -2.05. The zero-order chi connectivity index (χ0) is 19.5. The fourth-order valence-electron chi connectivity index (χ4n) is 2.84. The maximum absolute atomic E-state index is 12.3. The van der Waals surface area contributed by atoms with Crippen molar-refractivity contribution in [3.8, 4) is 0 Å². The number of carbonyl (C=O) groups excluding carboxylic acids is 1. The molecule has 28 heavy (non-hydrogen) atoms. The Bertz CT molecular complexity index is 1170. The van der Waals surface area contributed by atoms with Crippen LogP contribution in [0, 0.1) is 10.1 Å². The van der Waals surface area contributed by atoms with Gasteiger partial charge in [0.2, 0.25) is 0 Å². The van der Waals surface area contributed by atoms with E-state index in [0.29, 0.717) is 18.0 Å². The van der Waals surface area contributed by atoms with Gasteiger partial charge in [-0.2, -0.15) is 4.37 Å². The van der Waals surface area contributed by atoms with Gasteiger partial charge in [-0.05, 0) is 47.6 Å². The van der Waals surface area contributed by atoms with Crippen LogP contribution in [0.5, 0.6) is 0 Å². The van der Waals surface area contributed by atoms with Crippen molar-refractivity contribution in [2.75, 3.05) is 18.4 Å². The van der Waals surface area contributed by atoms with Crippen LogP contribution in [0.25, 0.3) is 20.2 Å². The summed E-state index contributed by atoms with van der Waals surface area (Å²) in [6.07, 6.45) is 0.758. The molecule has 2 aromatic carbocycles. The van der Waals surface area contributed by atoms with Gasteiger partial charge in [0.25, 0.3) is 11.6 Å². The van der Waals surface area contributed by atoms with Gasteiger partial charge in [-0.25, -0.2) is 0 Å². The molecule has 0 unspecified atom stereocenters. The third kappa shape index (κ3) is 3.80. The Balaban J connectivity index is 1.29. The Morgan fingerprint density at radius 2 is 1.96 bits per heavy atom. The van der Waals surface area contributed by atoms with E-state index in [9.17, 15) is 14.9 Å². The van der Waals surface area contributed by atoms with Crippen molar-refractivity contribution < 1.29 is 9.72 Å². The van der Waals surface area contributed by atoms with Crippen molar-refractivity contribution in [1.82, 2.24) is 9.69 Å². The average molecular weight is 412 g/mol. The van der Waals surface area contributed by atoms with Gasteiger partial charge in [0.1, 0.15) is 5.82 Å². The minimum atomic E-state index is -0.433. The van der Waals surface area contributed by atoms with Gasteiger partial charge in [0.05, 0.1) is 14.5 Å². The van der Waals surface area contributed by atoms with Crippen LogP contribution >= 0.6 is 22.9 Å². The summed E-state index contributed by atoms with van der Waals surface area (Å²) in [5.41, 5.74) is 0.0296. The number of hydrogen-bond donors (Lipinski definition) is 2. The van der Waals surface area contributed by atoms with Crippen LogP contribution in [-0.4, -0.2) is 28.3 Å². The summed E-state index contributed by atoms with van der Waals surface area (Å²) >= 11 is 2.72. The quantitative estimate of drug-likeness (QED) is 0.262. The monoisotopic (exact) mass is 412 g/mol. The third-order valence-electron chi connectivity index (χ3n) is 4.25. The molecule has 1 amide bonds. The second-order valence-corrected chi connectivity index (χ2v) is 8.04. The lowest BCUT2D eigenvalue weighted by molar-refractivity contribution is -0.384. The maximum atomic E-state index is 12.3. The van der Waals surface area contributed by atoms with E-state index < -0.39 is 4.92 Å². The van der Waals surface area contributed by atoms with E-state index in [1.807, 2.05) is 24.3 Å². The number of fused-ring (bicyclic) bond motifs is 2. The van der Waals surface area contributed by atoms with Gasteiger partial charge in [-0.1, -0.05) is 12.1 Å². The van der Waals surface area contributed by atoms with Gasteiger partial charge in [-0.15, -0.1) is 11.3 Å². The molecular formula is C19H16N4O3S2. The minimum absolute atomic E-state index is 0.0296. The van der Waals surface area contributed by atoms with Crippen LogP contribution in [0.1, 0.15) is 16.1 Å². The van der Waals surface area contributed by atoms with Crippen molar-refractivity contribution in [3.63, 3.8) is 0 Å². The van der Waals surface area contributed by atoms with Crippen LogP contribution < -0.4 is 10.6 Å². The lowest BCUT2D eigenvalue weighted by atomic mass is 10.2. The smallest absolute Gasteiger partial charge is 0.270 e. The number of nitro groups is 1. The molecule has 0 atom stereocenters. The highest BCUT2D eigenvalue weighted by molar-refractivity contribution is 7.20. The summed E-state index contributed by atoms with van der Waals surface area (Å²) < 4.78 is 6.29. The molecule has 2 N–H and O–H groups in total. The largest absolute Gasteiger partial charge is 0.369 e. The highest BCUT2D eigenvalue weighted by Crippen LogP contribution is 2.29. The molecule has 0 spiro atoms. The second-order valence-electron chi connectivity index (χ2n) is 6.15. The summed E-state index contributed by atoms with van der Waals surface area (Å²) in [5, 5.41) is 19.0. The molecule has 0 aliphatic rings. The van der Waals surface area contributed by atoms with E-state index in [4.69, 9.17) is 0 Å². The lowest BCUT2D eigenvalue weighted by Crippen LogP contribution is -2.25. The highest BCUT2D eigenvalue weighted by atomic mass is 32.1. The normalized spacial score (nSPS) is 11.0. The van der Waals surface area contributed by atoms with Crippen molar-refractivity contribution in [1.29, 1.82) is 0 Å². The molecule has 0 bridgehead atoms. The molecule has 4 rings (SSSR count). The topological polar surface area (TPSA) is 97.2 Å². The number of thiophene rings is 1. The Kier molecular flexibility index (Phi) is 5.18. The summed E-state index contributed by atoms with van der Waals surface area (Å²) in [6, 6.07) is 14.4. The Hall–Kier alpha value is -3.04. The number of non-ortho nitro benzene ring substituents is 1. The van der Waals surface area contributed by atoms with E-state index >= 15 is 0 Å². The fourth-order valence-corrected chi connectivity index (χ4v) is 4.61. The first kappa shape index (κ1) is 18.3. The first-order valence-corrected chi connectivity index (χ1v) is 10.3. The molecule has 4 aromatic rings. The minimum Gasteiger partial charge on any atom is -0.369 e. The molecule has 2 aromatic heterocycles. The zero-order valence-electron chi connectivity index (χ0n) is 14.7. The molecule has 2 heterocycles. The van der Waals surface area contributed by atoms with Crippen molar-refractivity contribution in [2.24, 2.45) is 0 Å². The van der Waals surface area contributed by atoms with Crippen LogP contribution in [0.3, 0.4) is 0 Å². The molecule has 7 nitrogen and oxygen atoms in total. The van der Waals surface area contributed by atoms with E-state index in [2.05, 4.69) is 15.0 Å². The van der Waals surface area contributed by atoms with Gasteiger partial charge in [0, 0.05) is 35.3 Å². The Morgan fingerprint density at radius 1 is 1.11 bits per heavy atom. The number of anilines is 1. The van der Waals surface area contributed by atoms with E-state index in [0.717, 1.165) is 32.4 Å². The summed E-state index contributed by atoms with van der Waals surface area (Å²) in [5.74, 6) is 0.709. The predicted molar refractivity (Wildman–Crippen MR) is 114 cm³/mol. The van der Waals surface area contributed by atoms with Crippen molar-refractivity contribution in [2.45, 2.75) is 6.42 Å². The van der Waals surface area contributed by atoms with Gasteiger partial charge >= 0.3 is 0 Å². The van der Waals surface area contributed by atoms with Crippen molar-refractivity contribution >= 4 is 60.5 Å². The second kappa shape index (κ2) is 7.91. The molecule has 9 heteroatoms. The molecule has 0 fully saturated rings. The maximum Gasteiger partial charge on any atom is 0.270 e. The number of rotatable bonds is 7. The third-order valence-corrected chi connectivity index (χ3v) is 6.17. The molecule has 142 valence electrons. The predicted octanol–water partition coefficient (Wildman–Crippen LogP) is 4.65. The molecule has 0 aliphatic carbocycles. The number of benzene rings is 2. The number of aromatic nitrogens is 1. The molecular weight excluding hydrogens is 396 g/mol. The Labute approximate surface area is 168 Å².